The monoisotopic (exact) mass is 261 g/mol. The Morgan fingerprint density at radius 1 is 1.26 bits per heavy atom. The van der Waals surface area contributed by atoms with Crippen molar-refractivity contribution in [1.82, 2.24) is 9.97 Å². The first kappa shape index (κ1) is 12.9. The molecule has 0 saturated heterocycles. The highest BCUT2D eigenvalue weighted by molar-refractivity contribution is 5.47. The number of methoxy groups -OCH3 is 1. The Hall–Kier alpha value is -1.16. The summed E-state index contributed by atoms with van der Waals surface area (Å²) in [5.74, 6) is 1.08. The highest BCUT2D eigenvalue weighted by atomic mass is 16.5. The Balaban J connectivity index is 1.64. The Labute approximate surface area is 115 Å². The molecule has 19 heavy (non-hydrogen) atoms. The fourth-order valence-electron chi connectivity index (χ4n) is 2.96. The number of fused-ring (bicyclic) bond motifs is 1. The second-order valence-electron chi connectivity index (χ2n) is 5.95. The van der Waals surface area contributed by atoms with Crippen LogP contribution in [-0.2, 0) is 17.6 Å². The van der Waals surface area contributed by atoms with Gasteiger partial charge in [-0.3, -0.25) is 0 Å². The molecule has 0 radical (unpaired) electrons. The molecule has 2 aliphatic carbocycles. The van der Waals surface area contributed by atoms with E-state index in [-0.39, 0.29) is 0 Å². The third-order valence-electron chi connectivity index (χ3n) is 4.55. The highest BCUT2D eigenvalue weighted by Gasteiger charge is 2.41. The number of ether oxygens (including phenoxy) is 1. The average Bonchev–Trinajstić information content (AvgIpc) is 3.23. The maximum atomic E-state index is 5.21. The Morgan fingerprint density at radius 2 is 2.11 bits per heavy atom. The Bertz CT molecular complexity index is 443. The van der Waals surface area contributed by atoms with Crippen LogP contribution in [0.15, 0.2) is 6.33 Å². The Morgan fingerprint density at radius 3 is 2.89 bits per heavy atom. The van der Waals surface area contributed by atoms with Gasteiger partial charge < -0.3 is 10.1 Å². The fraction of sp³-hybridized carbons (Fsp3) is 0.733. The minimum absolute atomic E-state index is 0.461. The van der Waals surface area contributed by atoms with Crippen LogP contribution < -0.4 is 5.32 Å². The molecule has 1 heterocycles. The van der Waals surface area contributed by atoms with Crippen LogP contribution in [0.2, 0.25) is 0 Å². The van der Waals surface area contributed by atoms with Crippen LogP contribution in [0.4, 0.5) is 5.82 Å². The SMILES string of the molecule is COCCC1(CNc2ncnc3c2CCCC3)CC1. The molecule has 104 valence electrons. The smallest absolute Gasteiger partial charge is 0.132 e. The molecule has 0 bridgehead atoms. The lowest BCUT2D eigenvalue weighted by Crippen LogP contribution is -2.20. The summed E-state index contributed by atoms with van der Waals surface area (Å²) in [5.41, 5.74) is 3.07. The molecule has 0 spiro atoms. The van der Waals surface area contributed by atoms with Crippen LogP contribution in [0.25, 0.3) is 0 Å². The van der Waals surface area contributed by atoms with Crippen molar-refractivity contribution < 1.29 is 4.74 Å². The minimum atomic E-state index is 0.461. The van der Waals surface area contributed by atoms with E-state index in [0.717, 1.165) is 38.2 Å². The second kappa shape index (κ2) is 5.45. The van der Waals surface area contributed by atoms with Crippen LogP contribution in [0.1, 0.15) is 43.4 Å². The molecule has 0 atom stereocenters. The van der Waals surface area contributed by atoms with Crippen molar-refractivity contribution >= 4 is 5.82 Å². The molecule has 1 aromatic heterocycles. The van der Waals surface area contributed by atoms with Gasteiger partial charge in [-0.25, -0.2) is 9.97 Å². The van der Waals surface area contributed by atoms with Gasteiger partial charge in [-0.2, -0.15) is 0 Å². The summed E-state index contributed by atoms with van der Waals surface area (Å²) in [7, 11) is 1.78. The lowest BCUT2D eigenvalue weighted by atomic mass is 9.96. The lowest BCUT2D eigenvalue weighted by Gasteiger charge is -2.20. The van der Waals surface area contributed by atoms with Gasteiger partial charge in [0.25, 0.3) is 0 Å². The summed E-state index contributed by atoms with van der Waals surface area (Å²) in [6, 6.07) is 0. The lowest BCUT2D eigenvalue weighted by molar-refractivity contribution is 0.175. The van der Waals surface area contributed by atoms with Gasteiger partial charge in [0.2, 0.25) is 0 Å². The zero-order chi connectivity index (χ0) is 13.1. The molecule has 0 unspecified atom stereocenters. The highest BCUT2D eigenvalue weighted by Crippen LogP contribution is 2.48. The fourth-order valence-corrected chi connectivity index (χ4v) is 2.96. The van der Waals surface area contributed by atoms with Crippen molar-refractivity contribution in [2.45, 2.75) is 44.9 Å². The maximum Gasteiger partial charge on any atom is 0.132 e. The third kappa shape index (κ3) is 2.89. The molecule has 0 aromatic carbocycles. The molecule has 3 rings (SSSR count). The molecule has 4 heteroatoms. The van der Waals surface area contributed by atoms with Crippen molar-refractivity contribution in [3.63, 3.8) is 0 Å². The van der Waals surface area contributed by atoms with Crippen molar-refractivity contribution in [2.24, 2.45) is 5.41 Å². The number of rotatable bonds is 6. The van der Waals surface area contributed by atoms with Crippen molar-refractivity contribution in [1.29, 1.82) is 0 Å². The van der Waals surface area contributed by atoms with Crippen LogP contribution in [-0.4, -0.2) is 30.2 Å². The maximum absolute atomic E-state index is 5.21. The van der Waals surface area contributed by atoms with Crippen molar-refractivity contribution in [2.75, 3.05) is 25.6 Å². The summed E-state index contributed by atoms with van der Waals surface area (Å²) in [6.07, 6.45) is 10.3. The topological polar surface area (TPSA) is 47.0 Å². The van der Waals surface area contributed by atoms with E-state index in [9.17, 15) is 0 Å². The van der Waals surface area contributed by atoms with E-state index in [1.165, 1.54) is 36.9 Å². The molecule has 4 nitrogen and oxygen atoms in total. The zero-order valence-electron chi connectivity index (χ0n) is 11.7. The molecule has 1 aromatic rings. The first-order chi connectivity index (χ1) is 9.33. The first-order valence-corrected chi connectivity index (χ1v) is 7.39. The number of hydrogen-bond donors (Lipinski definition) is 1. The minimum Gasteiger partial charge on any atom is -0.385 e. The quantitative estimate of drug-likeness (QED) is 0.855. The van der Waals surface area contributed by atoms with Gasteiger partial charge in [0.05, 0.1) is 0 Å². The predicted octanol–water partition coefficient (Wildman–Crippen LogP) is 2.58. The van der Waals surface area contributed by atoms with E-state index in [1.54, 1.807) is 13.4 Å². The van der Waals surface area contributed by atoms with Gasteiger partial charge in [0, 0.05) is 31.5 Å². The largest absolute Gasteiger partial charge is 0.385 e. The second-order valence-corrected chi connectivity index (χ2v) is 5.95. The van der Waals surface area contributed by atoms with Gasteiger partial charge in [-0.1, -0.05) is 0 Å². The molecule has 2 aliphatic rings. The number of aromatic nitrogens is 2. The molecular weight excluding hydrogens is 238 g/mol. The van der Waals surface area contributed by atoms with Crippen molar-refractivity contribution in [3.8, 4) is 0 Å². The molecule has 1 saturated carbocycles. The summed E-state index contributed by atoms with van der Waals surface area (Å²) in [5, 5.41) is 3.58. The third-order valence-corrected chi connectivity index (χ3v) is 4.55. The molecule has 0 amide bonds. The van der Waals surface area contributed by atoms with E-state index in [4.69, 9.17) is 4.74 Å². The standard InChI is InChI=1S/C15H23N3O/c1-19-9-8-15(6-7-15)10-16-14-12-4-2-3-5-13(12)17-11-18-14/h11H,2-10H2,1H3,(H,16,17,18). The molecule has 0 aliphatic heterocycles. The van der Waals surface area contributed by atoms with E-state index in [2.05, 4.69) is 15.3 Å². The number of anilines is 1. The molecular formula is C15H23N3O. The average molecular weight is 261 g/mol. The zero-order valence-corrected chi connectivity index (χ0v) is 11.7. The van der Waals surface area contributed by atoms with Gasteiger partial charge >= 0.3 is 0 Å². The normalized spacial score (nSPS) is 19.8. The summed E-state index contributed by atoms with van der Waals surface area (Å²) in [4.78, 5) is 8.87. The van der Waals surface area contributed by atoms with Gasteiger partial charge in [-0.05, 0) is 50.4 Å². The van der Waals surface area contributed by atoms with E-state index in [0.29, 0.717) is 5.41 Å². The van der Waals surface area contributed by atoms with E-state index < -0.39 is 0 Å². The van der Waals surface area contributed by atoms with Gasteiger partial charge in [0.1, 0.15) is 12.1 Å². The van der Waals surface area contributed by atoms with Crippen molar-refractivity contribution in [3.05, 3.63) is 17.6 Å². The number of aryl methyl sites for hydroxylation is 1. The summed E-state index contributed by atoms with van der Waals surface area (Å²) < 4.78 is 5.21. The Kier molecular flexibility index (Phi) is 3.69. The first-order valence-electron chi connectivity index (χ1n) is 7.39. The number of nitrogens with zero attached hydrogens (tertiary/aromatic N) is 2. The van der Waals surface area contributed by atoms with Crippen LogP contribution in [0, 0.1) is 5.41 Å². The number of nitrogens with one attached hydrogen (secondary N) is 1. The van der Waals surface area contributed by atoms with Crippen LogP contribution >= 0.6 is 0 Å². The predicted molar refractivity (Wildman–Crippen MR) is 75.3 cm³/mol. The van der Waals surface area contributed by atoms with Gasteiger partial charge in [-0.15, -0.1) is 0 Å². The van der Waals surface area contributed by atoms with Crippen LogP contribution in [0.3, 0.4) is 0 Å². The van der Waals surface area contributed by atoms with E-state index >= 15 is 0 Å². The number of hydrogen-bond acceptors (Lipinski definition) is 4. The van der Waals surface area contributed by atoms with Crippen LogP contribution in [0.5, 0.6) is 0 Å². The van der Waals surface area contributed by atoms with Gasteiger partial charge in [0.15, 0.2) is 0 Å². The van der Waals surface area contributed by atoms with E-state index in [1.807, 2.05) is 0 Å². The molecule has 1 fully saturated rings. The summed E-state index contributed by atoms with van der Waals surface area (Å²) >= 11 is 0. The molecule has 1 N–H and O–H groups in total. The summed E-state index contributed by atoms with van der Waals surface area (Å²) in [6.45, 7) is 1.89.